The van der Waals surface area contributed by atoms with Crippen LogP contribution in [0.3, 0.4) is 0 Å². The first kappa shape index (κ1) is 21.4. The first-order valence-electron chi connectivity index (χ1n) is 11.4. The summed E-state index contributed by atoms with van der Waals surface area (Å²) in [5.41, 5.74) is 1.07. The standard InChI is InChI=1S/C22H32FN7O/c1-2-24-21(28-16-14-27(15-17-28)19-9-7-18(23)8-10-19)25-11-5-13-30-22(31)29-12-4-3-6-20(29)26-30/h7-10H,2-6,11-17H2,1H3,(H,24,25). The van der Waals surface area contributed by atoms with Crippen LogP contribution < -0.4 is 15.9 Å². The van der Waals surface area contributed by atoms with Crippen molar-refractivity contribution >= 4 is 11.6 Å². The van der Waals surface area contributed by atoms with Crippen LogP contribution in [-0.4, -0.2) is 64.5 Å². The minimum Gasteiger partial charge on any atom is -0.368 e. The zero-order valence-corrected chi connectivity index (χ0v) is 18.3. The third kappa shape index (κ3) is 5.08. The molecule has 0 aliphatic carbocycles. The molecule has 0 saturated carbocycles. The fourth-order valence-corrected chi connectivity index (χ4v) is 4.25. The number of benzene rings is 1. The molecular weight excluding hydrogens is 397 g/mol. The lowest BCUT2D eigenvalue weighted by atomic mass is 10.2. The summed E-state index contributed by atoms with van der Waals surface area (Å²) in [6.45, 7) is 8.36. The largest absolute Gasteiger partial charge is 0.368 e. The van der Waals surface area contributed by atoms with Crippen LogP contribution in [0.15, 0.2) is 34.1 Å². The monoisotopic (exact) mass is 429 g/mol. The molecule has 1 aromatic heterocycles. The Kier molecular flexibility index (Phi) is 6.89. The van der Waals surface area contributed by atoms with Gasteiger partial charge in [-0.2, -0.15) is 5.10 Å². The van der Waals surface area contributed by atoms with Crippen LogP contribution in [0.2, 0.25) is 0 Å². The lowest BCUT2D eigenvalue weighted by Crippen LogP contribution is -2.52. The third-order valence-electron chi connectivity index (χ3n) is 5.93. The smallest absolute Gasteiger partial charge is 0.345 e. The van der Waals surface area contributed by atoms with E-state index in [0.717, 1.165) is 82.4 Å². The van der Waals surface area contributed by atoms with Gasteiger partial charge in [-0.1, -0.05) is 0 Å². The molecule has 1 aromatic carbocycles. The van der Waals surface area contributed by atoms with E-state index < -0.39 is 0 Å². The van der Waals surface area contributed by atoms with Crippen LogP contribution in [0.1, 0.15) is 32.0 Å². The van der Waals surface area contributed by atoms with Crippen LogP contribution in [0, 0.1) is 5.82 Å². The van der Waals surface area contributed by atoms with Crippen molar-refractivity contribution in [2.75, 3.05) is 44.2 Å². The summed E-state index contributed by atoms with van der Waals surface area (Å²) >= 11 is 0. The van der Waals surface area contributed by atoms with Gasteiger partial charge in [0.1, 0.15) is 11.6 Å². The number of aromatic nitrogens is 3. The Morgan fingerprint density at radius 2 is 1.90 bits per heavy atom. The zero-order chi connectivity index (χ0) is 21.6. The summed E-state index contributed by atoms with van der Waals surface area (Å²) in [6, 6.07) is 6.68. The number of anilines is 1. The van der Waals surface area contributed by atoms with Gasteiger partial charge >= 0.3 is 5.69 Å². The van der Waals surface area contributed by atoms with Crippen LogP contribution in [0.4, 0.5) is 10.1 Å². The van der Waals surface area contributed by atoms with Crippen LogP contribution in [0.5, 0.6) is 0 Å². The topological polar surface area (TPSA) is 70.7 Å². The Hall–Kier alpha value is -2.84. The van der Waals surface area contributed by atoms with Gasteiger partial charge in [0.05, 0.1) is 0 Å². The minimum atomic E-state index is -0.207. The van der Waals surface area contributed by atoms with Gasteiger partial charge in [0.2, 0.25) is 0 Å². The summed E-state index contributed by atoms with van der Waals surface area (Å²) < 4.78 is 16.6. The molecule has 9 heteroatoms. The molecule has 0 spiro atoms. The molecule has 31 heavy (non-hydrogen) atoms. The van der Waals surface area contributed by atoms with Crippen molar-refractivity contribution < 1.29 is 4.39 Å². The predicted molar refractivity (Wildman–Crippen MR) is 120 cm³/mol. The van der Waals surface area contributed by atoms with Crippen molar-refractivity contribution in [2.45, 2.75) is 45.7 Å². The molecule has 168 valence electrons. The lowest BCUT2D eigenvalue weighted by Gasteiger charge is -2.37. The number of nitrogens with zero attached hydrogens (tertiary/aromatic N) is 6. The van der Waals surface area contributed by atoms with Crippen molar-refractivity contribution in [1.29, 1.82) is 0 Å². The fraction of sp³-hybridized carbons (Fsp3) is 0.591. The van der Waals surface area contributed by atoms with Crippen molar-refractivity contribution in [1.82, 2.24) is 24.6 Å². The van der Waals surface area contributed by atoms with Crippen molar-refractivity contribution in [2.24, 2.45) is 4.99 Å². The molecule has 0 radical (unpaired) electrons. The quantitative estimate of drug-likeness (QED) is 0.430. The van der Waals surface area contributed by atoms with E-state index in [1.807, 2.05) is 16.7 Å². The first-order valence-corrected chi connectivity index (χ1v) is 11.4. The van der Waals surface area contributed by atoms with Gasteiger partial charge < -0.3 is 15.1 Å². The van der Waals surface area contributed by atoms with Crippen molar-refractivity contribution in [3.63, 3.8) is 0 Å². The average molecular weight is 430 g/mol. The number of hydrogen-bond donors (Lipinski definition) is 1. The summed E-state index contributed by atoms with van der Waals surface area (Å²) in [5, 5.41) is 7.88. The molecule has 3 heterocycles. The van der Waals surface area contributed by atoms with E-state index in [9.17, 15) is 9.18 Å². The van der Waals surface area contributed by atoms with Gasteiger partial charge in [0.25, 0.3) is 0 Å². The fourth-order valence-electron chi connectivity index (χ4n) is 4.25. The molecule has 1 saturated heterocycles. The summed E-state index contributed by atoms with van der Waals surface area (Å²) in [5.74, 6) is 1.63. The third-order valence-corrected chi connectivity index (χ3v) is 5.93. The Labute approximate surface area is 182 Å². The SMILES string of the molecule is CCNC(=NCCCn1nc2n(c1=O)CCCC2)N1CCN(c2ccc(F)cc2)CC1. The highest BCUT2D eigenvalue weighted by atomic mass is 19.1. The van der Waals surface area contributed by atoms with Gasteiger partial charge in [0.15, 0.2) is 5.96 Å². The maximum absolute atomic E-state index is 13.2. The highest BCUT2D eigenvalue weighted by Gasteiger charge is 2.20. The maximum atomic E-state index is 13.2. The average Bonchev–Trinajstić information content (AvgIpc) is 3.12. The molecule has 0 unspecified atom stereocenters. The Morgan fingerprint density at radius 3 is 2.61 bits per heavy atom. The number of aliphatic imine (C=N–C) groups is 1. The van der Waals surface area contributed by atoms with Gasteiger partial charge in [-0.3, -0.25) is 9.56 Å². The first-order chi connectivity index (χ1) is 15.2. The second kappa shape index (κ2) is 9.98. The Morgan fingerprint density at radius 1 is 1.13 bits per heavy atom. The molecule has 0 bridgehead atoms. The molecule has 1 fully saturated rings. The lowest BCUT2D eigenvalue weighted by molar-refractivity contribution is 0.372. The van der Waals surface area contributed by atoms with Crippen LogP contribution >= 0.6 is 0 Å². The number of guanidine groups is 1. The molecule has 0 atom stereocenters. The Bertz CT molecular complexity index is 942. The molecule has 4 rings (SSSR count). The number of aryl methyl sites for hydroxylation is 2. The Balaban J connectivity index is 1.30. The highest BCUT2D eigenvalue weighted by molar-refractivity contribution is 5.80. The second-order valence-corrected chi connectivity index (χ2v) is 8.07. The predicted octanol–water partition coefficient (Wildman–Crippen LogP) is 1.70. The van der Waals surface area contributed by atoms with E-state index in [2.05, 4.69) is 27.1 Å². The van der Waals surface area contributed by atoms with Gasteiger partial charge in [0, 0.05) is 64.5 Å². The zero-order valence-electron chi connectivity index (χ0n) is 18.3. The number of halogens is 1. The van der Waals surface area contributed by atoms with E-state index in [1.165, 1.54) is 12.1 Å². The normalized spacial score (nSPS) is 17.0. The van der Waals surface area contributed by atoms with Crippen molar-refractivity contribution in [3.05, 3.63) is 46.4 Å². The maximum Gasteiger partial charge on any atom is 0.345 e. The molecular formula is C22H32FN7O. The van der Waals surface area contributed by atoms with E-state index in [4.69, 9.17) is 4.99 Å². The highest BCUT2D eigenvalue weighted by Crippen LogP contribution is 2.17. The number of hydrogen-bond acceptors (Lipinski definition) is 4. The van der Waals surface area contributed by atoms with Gasteiger partial charge in [-0.25, -0.2) is 13.9 Å². The van der Waals surface area contributed by atoms with E-state index in [1.54, 1.807) is 4.68 Å². The molecule has 2 aliphatic heterocycles. The minimum absolute atomic E-state index is 0.0162. The van der Waals surface area contributed by atoms with Gasteiger partial charge in [-0.15, -0.1) is 0 Å². The van der Waals surface area contributed by atoms with E-state index in [0.29, 0.717) is 13.1 Å². The number of fused-ring (bicyclic) bond motifs is 1. The van der Waals surface area contributed by atoms with Crippen molar-refractivity contribution in [3.8, 4) is 0 Å². The second-order valence-electron chi connectivity index (χ2n) is 8.07. The molecule has 2 aromatic rings. The molecule has 8 nitrogen and oxygen atoms in total. The molecule has 0 amide bonds. The number of rotatable bonds is 6. The van der Waals surface area contributed by atoms with Crippen LogP contribution in [0.25, 0.3) is 0 Å². The summed E-state index contributed by atoms with van der Waals surface area (Å²) in [6.07, 6.45) is 3.85. The molecule has 2 aliphatic rings. The summed E-state index contributed by atoms with van der Waals surface area (Å²) in [4.78, 5) is 21.8. The van der Waals surface area contributed by atoms with E-state index in [-0.39, 0.29) is 11.5 Å². The van der Waals surface area contributed by atoms with Gasteiger partial charge in [-0.05, 0) is 50.5 Å². The number of piperazine rings is 1. The summed E-state index contributed by atoms with van der Waals surface area (Å²) in [7, 11) is 0. The number of nitrogens with one attached hydrogen (secondary N) is 1. The van der Waals surface area contributed by atoms with E-state index >= 15 is 0 Å². The molecule has 1 N–H and O–H groups in total. The van der Waals surface area contributed by atoms with Crippen LogP contribution in [-0.2, 0) is 19.5 Å².